The number of ether oxygens (including phenoxy) is 4. The van der Waals surface area contributed by atoms with E-state index in [2.05, 4.69) is 10.2 Å². The first-order valence-corrected chi connectivity index (χ1v) is 12.0. The van der Waals surface area contributed by atoms with E-state index < -0.39 is 12.0 Å². The number of likely N-dealkylation sites (N-methyl/N-ethyl adjacent to an activating group) is 1. The predicted octanol–water partition coefficient (Wildman–Crippen LogP) is 1.40. The molecule has 36 heavy (non-hydrogen) atoms. The largest absolute Gasteiger partial charge is 0.497 e. The molecule has 1 N–H and O–H groups in total. The van der Waals surface area contributed by atoms with Crippen LogP contribution < -0.4 is 14.8 Å². The smallest absolute Gasteiger partial charge is 0.338 e. The van der Waals surface area contributed by atoms with Gasteiger partial charge < -0.3 is 29.2 Å². The van der Waals surface area contributed by atoms with Crippen molar-refractivity contribution < 1.29 is 33.3 Å². The van der Waals surface area contributed by atoms with Crippen molar-refractivity contribution in [2.45, 2.75) is 19.4 Å². The fourth-order valence-electron chi connectivity index (χ4n) is 4.50. The van der Waals surface area contributed by atoms with Gasteiger partial charge in [-0.25, -0.2) is 9.59 Å². The molecule has 1 aromatic rings. The van der Waals surface area contributed by atoms with Gasteiger partial charge in [0.2, 0.25) is 5.91 Å². The average molecular weight is 505 g/mol. The topological polar surface area (TPSA) is 110 Å². The number of urea groups is 1. The molecule has 1 atom stereocenters. The molecule has 2 aliphatic rings. The van der Waals surface area contributed by atoms with Crippen LogP contribution in [0.4, 0.5) is 4.79 Å². The lowest BCUT2D eigenvalue weighted by Crippen LogP contribution is -2.49. The Kier molecular flexibility index (Phi) is 9.54. The minimum atomic E-state index is -0.792. The molecule has 198 valence electrons. The molecule has 11 nitrogen and oxygen atoms in total. The van der Waals surface area contributed by atoms with Gasteiger partial charge in [-0.05, 0) is 31.5 Å². The zero-order valence-corrected chi connectivity index (χ0v) is 21.7. The zero-order chi connectivity index (χ0) is 26.2. The van der Waals surface area contributed by atoms with Gasteiger partial charge in [-0.1, -0.05) is 0 Å². The van der Waals surface area contributed by atoms with Crippen LogP contribution in [0.25, 0.3) is 0 Å². The Morgan fingerprint density at radius 2 is 1.86 bits per heavy atom. The van der Waals surface area contributed by atoms with E-state index in [0.29, 0.717) is 61.1 Å². The summed E-state index contributed by atoms with van der Waals surface area (Å²) in [6.45, 7) is 4.78. The first kappa shape index (κ1) is 27.3. The van der Waals surface area contributed by atoms with Gasteiger partial charge in [0.15, 0.2) is 0 Å². The van der Waals surface area contributed by atoms with Crippen molar-refractivity contribution in [3.05, 3.63) is 35.0 Å². The fourth-order valence-corrected chi connectivity index (χ4v) is 4.50. The molecule has 1 saturated heterocycles. The van der Waals surface area contributed by atoms with Gasteiger partial charge in [-0.3, -0.25) is 14.6 Å². The molecule has 1 aromatic carbocycles. The molecular weight excluding hydrogens is 468 g/mol. The summed E-state index contributed by atoms with van der Waals surface area (Å²) in [7, 11) is 6.22. The Morgan fingerprint density at radius 1 is 1.08 bits per heavy atom. The summed E-state index contributed by atoms with van der Waals surface area (Å²) in [5, 5.41) is 2.92. The van der Waals surface area contributed by atoms with E-state index in [1.54, 1.807) is 44.2 Å². The van der Waals surface area contributed by atoms with Crippen molar-refractivity contribution in [2.75, 3.05) is 74.3 Å². The highest BCUT2D eigenvalue weighted by Gasteiger charge is 2.39. The Morgan fingerprint density at radius 3 is 2.53 bits per heavy atom. The Hall–Kier alpha value is -3.31. The number of nitrogens with zero attached hydrogens (tertiary/aromatic N) is 3. The van der Waals surface area contributed by atoms with Crippen molar-refractivity contribution in [3.63, 3.8) is 0 Å². The van der Waals surface area contributed by atoms with Crippen LogP contribution in [0, 0.1) is 0 Å². The molecule has 0 bridgehead atoms. The standard InChI is InChI=1S/C25H36N4O7/c1-6-36-24(31)22-19(15-28-10-7-11-29(13-12-28)21(30)16-33-3)27(2)25(32)26-23(22)18-14-17(34-4)8-9-20(18)35-5/h8-9,14,23H,6-7,10-13,15-16H2,1-5H3,(H,26,32). The zero-order valence-electron chi connectivity index (χ0n) is 21.7. The van der Waals surface area contributed by atoms with E-state index >= 15 is 0 Å². The van der Waals surface area contributed by atoms with Crippen LogP contribution in [0.5, 0.6) is 11.5 Å². The van der Waals surface area contributed by atoms with Gasteiger partial charge >= 0.3 is 12.0 Å². The van der Waals surface area contributed by atoms with Crippen LogP contribution >= 0.6 is 0 Å². The van der Waals surface area contributed by atoms with Crippen LogP contribution in [-0.4, -0.2) is 107 Å². The second-order valence-electron chi connectivity index (χ2n) is 8.57. The first-order valence-electron chi connectivity index (χ1n) is 12.0. The van der Waals surface area contributed by atoms with Gasteiger partial charge in [0.05, 0.1) is 32.4 Å². The van der Waals surface area contributed by atoms with Gasteiger partial charge in [-0.2, -0.15) is 0 Å². The van der Waals surface area contributed by atoms with E-state index in [1.165, 1.54) is 19.1 Å². The SMILES string of the molecule is CCOC(=O)C1=C(CN2CCCN(C(=O)COC)CC2)N(C)C(=O)NC1c1cc(OC)ccc1OC. The van der Waals surface area contributed by atoms with Gasteiger partial charge in [0, 0.05) is 58.1 Å². The number of amides is 3. The number of nitrogens with one attached hydrogen (secondary N) is 1. The first-order chi connectivity index (χ1) is 17.3. The summed E-state index contributed by atoms with van der Waals surface area (Å²) in [5.41, 5.74) is 1.47. The second-order valence-corrected chi connectivity index (χ2v) is 8.57. The molecule has 3 amide bonds. The Bertz CT molecular complexity index is 997. The number of carbonyl (C=O) groups is 3. The number of hydrogen-bond donors (Lipinski definition) is 1. The lowest BCUT2D eigenvalue weighted by molar-refractivity contribution is -0.139. The molecule has 0 saturated carbocycles. The number of rotatable bonds is 9. The molecule has 2 aliphatic heterocycles. The van der Waals surface area contributed by atoms with Crippen LogP contribution in [0.3, 0.4) is 0 Å². The minimum Gasteiger partial charge on any atom is -0.497 e. The van der Waals surface area contributed by atoms with Crippen molar-refractivity contribution in [2.24, 2.45) is 0 Å². The molecule has 0 radical (unpaired) electrons. The lowest BCUT2D eigenvalue weighted by atomic mass is 9.93. The summed E-state index contributed by atoms with van der Waals surface area (Å²) in [6.07, 6.45) is 0.764. The van der Waals surface area contributed by atoms with E-state index in [1.807, 2.05) is 0 Å². The summed E-state index contributed by atoms with van der Waals surface area (Å²) < 4.78 is 21.4. The quantitative estimate of drug-likeness (QED) is 0.503. The van der Waals surface area contributed by atoms with Gasteiger partial charge in [0.1, 0.15) is 18.1 Å². The molecular formula is C25H36N4O7. The Labute approximate surface area is 211 Å². The van der Waals surface area contributed by atoms with Crippen LogP contribution in [0.15, 0.2) is 29.5 Å². The highest BCUT2D eigenvalue weighted by molar-refractivity contribution is 5.95. The predicted molar refractivity (Wildman–Crippen MR) is 132 cm³/mol. The molecule has 1 fully saturated rings. The summed E-state index contributed by atoms with van der Waals surface area (Å²) in [4.78, 5) is 44.0. The third-order valence-corrected chi connectivity index (χ3v) is 6.40. The van der Waals surface area contributed by atoms with Crippen LogP contribution in [0.1, 0.15) is 24.9 Å². The van der Waals surface area contributed by atoms with Crippen LogP contribution in [-0.2, 0) is 19.1 Å². The van der Waals surface area contributed by atoms with Gasteiger partial charge in [-0.15, -0.1) is 0 Å². The lowest BCUT2D eigenvalue weighted by Gasteiger charge is -2.37. The normalized spacial score (nSPS) is 19.0. The summed E-state index contributed by atoms with van der Waals surface area (Å²) >= 11 is 0. The summed E-state index contributed by atoms with van der Waals surface area (Å²) in [6, 6.07) is 4.10. The number of esters is 1. The molecule has 0 aromatic heterocycles. The van der Waals surface area contributed by atoms with Crippen molar-refractivity contribution in [3.8, 4) is 11.5 Å². The van der Waals surface area contributed by atoms with E-state index in [-0.39, 0.29) is 25.2 Å². The molecule has 1 unspecified atom stereocenters. The molecule has 0 aliphatic carbocycles. The van der Waals surface area contributed by atoms with E-state index in [0.717, 1.165) is 6.42 Å². The van der Waals surface area contributed by atoms with Crippen molar-refractivity contribution in [1.82, 2.24) is 20.0 Å². The maximum absolute atomic E-state index is 13.3. The van der Waals surface area contributed by atoms with Crippen molar-refractivity contribution in [1.29, 1.82) is 0 Å². The van der Waals surface area contributed by atoms with E-state index in [4.69, 9.17) is 18.9 Å². The van der Waals surface area contributed by atoms with Gasteiger partial charge in [0.25, 0.3) is 0 Å². The third-order valence-electron chi connectivity index (χ3n) is 6.40. The number of benzene rings is 1. The number of hydrogen-bond acceptors (Lipinski definition) is 8. The second kappa shape index (κ2) is 12.6. The number of carbonyl (C=O) groups excluding carboxylic acids is 3. The molecule has 11 heteroatoms. The Balaban J connectivity index is 2.00. The minimum absolute atomic E-state index is 0.0467. The van der Waals surface area contributed by atoms with E-state index in [9.17, 15) is 14.4 Å². The molecule has 0 spiro atoms. The fraction of sp³-hybridized carbons (Fsp3) is 0.560. The highest BCUT2D eigenvalue weighted by atomic mass is 16.5. The number of methoxy groups -OCH3 is 3. The molecule has 2 heterocycles. The monoisotopic (exact) mass is 504 g/mol. The highest BCUT2D eigenvalue weighted by Crippen LogP contribution is 2.37. The maximum Gasteiger partial charge on any atom is 0.338 e. The van der Waals surface area contributed by atoms with Crippen molar-refractivity contribution >= 4 is 17.9 Å². The third kappa shape index (κ3) is 6.08. The molecule has 3 rings (SSSR count). The summed E-state index contributed by atoms with van der Waals surface area (Å²) in [5.74, 6) is 0.511. The van der Waals surface area contributed by atoms with Crippen LogP contribution in [0.2, 0.25) is 0 Å². The maximum atomic E-state index is 13.3. The average Bonchev–Trinajstić information content (AvgIpc) is 3.12.